The zero-order valence-electron chi connectivity index (χ0n) is 12.1. The number of hydrogen-bond donors (Lipinski definition) is 1. The predicted octanol–water partition coefficient (Wildman–Crippen LogP) is 3.59. The van der Waals surface area contributed by atoms with Crippen LogP contribution >= 0.6 is 0 Å². The Morgan fingerprint density at radius 3 is 2.67 bits per heavy atom. The highest BCUT2D eigenvalue weighted by Gasteiger charge is 2.37. The zero-order valence-corrected chi connectivity index (χ0v) is 12.9. The van der Waals surface area contributed by atoms with E-state index >= 15 is 0 Å². The molecule has 0 aromatic heterocycles. The molecule has 0 heterocycles. The molecule has 0 amide bonds. The molecule has 4 atom stereocenters. The molecule has 118 valence electrons. The van der Waals surface area contributed by atoms with Gasteiger partial charge < -0.3 is 5.32 Å². The van der Waals surface area contributed by atoms with Crippen molar-refractivity contribution in [2.24, 2.45) is 5.92 Å². The summed E-state index contributed by atoms with van der Waals surface area (Å²) in [5.41, 5.74) is -0.734. The van der Waals surface area contributed by atoms with Crippen LogP contribution in [0.2, 0.25) is 0 Å². The van der Waals surface area contributed by atoms with Crippen molar-refractivity contribution >= 4 is 10.8 Å². The highest BCUT2D eigenvalue weighted by atomic mass is 32.2. The van der Waals surface area contributed by atoms with Crippen LogP contribution in [-0.4, -0.2) is 22.0 Å². The summed E-state index contributed by atoms with van der Waals surface area (Å²) >= 11 is 0. The fourth-order valence-corrected chi connectivity index (χ4v) is 4.69. The summed E-state index contributed by atoms with van der Waals surface area (Å²) in [6.45, 7) is 4.89. The van der Waals surface area contributed by atoms with Gasteiger partial charge in [-0.05, 0) is 43.5 Å². The molecule has 0 saturated heterocycles. The normalized spacial score (nSPS) is 27.8. The van der Waals surface area contributed by atoms with Gasteiger partial charge in [0, 0.05) is 16.2 Å². The second-order valence-electron chi connectivity index (χ2n) is 5.46. The number of hydrogen-bond acceptors (Lipinski definition) is 2. The van der Waals surface area contributed by atoms with Gasteiger partial charge in [-0.2, -0.15) is 13.2 Å². The number of alkyl halides is 3. The summed E-state index contributed by atoms with van der Waals surface area (Å²) in [6, 6.07) is 5.19. The number of halogens is 3. The minimum Gasteiger partial charge on any atom is -0.314 e. The van der Waals surface area contributed by atoms with Crippen molar-refractivity contribution in [1.29, 1.82) is 0 Å². The Balaban J connectivity index is 2.18. The van der Waals surface area contributed by atoms with Crippen LogP contribution in [0.5, 0.6) is 0 Å². The third kappa shape index (κ3) is 3.66. The first-order chi connectivity index (χ1) is 9.84. The Morgan fingerprint density at radius 1 is 1.33 bits per heavy atom. The zero-order chi connectivity index (χ0) is 15.6. The van der Waals surface area contributed by atoms with Gasteiger partial charge in [-0.25, -0.2) is 0 Å². The van der Waals surface area contributed by atoms with Crippen molar-refractivity contribution in [2.45, 2.75) is 49.1 Å². The van der Waals surface area contributed by atoms with E-state index in [9.17, 15) is 17.4 Å². The summed E-state index contributed by atoms with van der Waals surface area (Å²) in [5, 5.41) is 3.27. The molecule has 0 radical (unpaired) electrons. The van der Waals surface area contributed by atoms with E-state index in [0.717, 1.165) is 31.5 Å². The molecular weight excluding hydrogens is 299 g/mol. The highest BCUT2D eigenvalue weighted by molar-refractivity contribution is 7.85. The first kappa shape index (κ1) is 16.5. The summed E-state index contributed by atoms with van der Waals surface area (Å²) in [6.07, 6.45) is -2.69. The second kappa shape index (κ2) is 6.48. The van der Waals surface area contributed by atoms with Crippen LogP contribution < -0.4 is 5.32 Å². The van der Waals surface area contributed by atoms with Crippen LogP contribution in [-0.2, 0) is 17.0 Å². The molecule has 2 rings (SSSR count). The second-order valence-corrected chi connectivity index (χ2v) is 7.13. The van der Waals surface area contributed by atoms with E-state index in [1.165, 1.54) is 12.1 Å². The Kier molecular flexibility index (Phi) is 5.09. The van der Waals surface area contributed by atoms with Crippen molar-refractivity contribution in [2.75, 3.05) is 6.54 Å². The van der Waals surface area contributed by atoms with Crippen molar-refractivity contribution in [3.63, 3.8) is 0 Å². The van der Waals surface area contributed by atoms with Gasteiger partial charge in [-0.15, -0.1) is 0 Å². The van der Waals surface area contributed by atoms with E-state index in [2.05, 4.69) is 5.32 Å². The first-order valence-corrected chi connectivity index (χ1v) is 8.37. The molecular formula is C15H20F3NOS. The maximum atomic E-state index is 12.7. The topological polar surface area (TPSA) is 29.1 Å². The largest absolute Gasteiger partial charge is 0.416 e. The molecule has 1 aliphatic rings. The molecule has 1 fully saturated rings. The van der Waals surface area contributed by atoms with Gasteiger partial charge in [0.1, 0.15) is 0 Å². The number of benzene rings is 1. The Morgan fingerprint density at radius 2 is 2.05 bits per heavy atom. The Hall–Kier alpha value is -0.880. The van der Waals surface area contributed by atoms with Crippen molar-refractivity contribution in [3.8, 4) is 0 Å². The van der Waals surface area contributed by atoms with Crippen LogP contribution in [0.25, 0.3) is 0 Å². The summed E-state index contributed by atoms with van der Waals surface area (Å²) in [5.74, 6) is 0.195. The van der Waals surface area contributed by atoms with Crippen LogP contribution in [0.1, 0.15) is 32.3 Å². The minimum absolute atomic E-state index is 0.0856. The van der Waals surface area contributed by atoms with Gasteiger partial charge in [0.2, 0.25) is 0 Å². The predicted molar refractivity (Wildman–Crippen MR) is 77.5 cm³/mol. The van der Waals surface area contributed by atoms with Crippen molar-refractivity contribution < 1.29 is 17.4 Å². The maximum absolute atomic E-state index is 12.7. The van der Waals surface area contributed by atoms with Gasteiger partial charge >= 0.3 is 6.18 Å². The minimum atomic E-state index is -4.40. The van der Waals surface area contributed by atoms with Gasteiger partial charge in [0.25, 0.3) is 0 Å². The standard InChI is InChI=1S/C15H20F3NOS/c1-3-19-13-7-8-14(10(13)2)21(20)12-6-4-5-11(9-12)15(16,17)18/h4-6,9-10,13-14,19H,3,7-8H2,1-2H3. The number of nitrogens with one attached hydrogen (secondary N) is 1. The molecule has 21 heavy (non-hydrogen) atoms. The van der Waals surface area contributed by atoms with E-state index in [1.54, 1.807) is 0 Å². The first-order valence-electron chi connectivity index (χ1n) is 7.15. The lowest BCUT2D eigenvalue weighted by molar-refractivity contribution is -0.137. The quantitative estimate of drug-likeness (QED) is 0.919. The maximum Gasteiger partial charge on any atom is 0.416 e. The Labute approximate surface area is 125 Å². The highest BCUT2D eigenvalue weighted by Crippen LogP contribution is 2.35. The average molecular weight is 319 g/mol. The molecule has 1 aromatic carbocycles. The monoisotopic (exact) mass is 319 g/mol. The van der Waals surface area contributed by atoms with E-state index < -0.39 is 22.5 Å². The summed E-state index contributed by atoms with van der Waals surface area (Å²) in [4.78, 5) is 0.277. The van der Waals surface area contributed by atoms with E-state index in [0.29, 0.717) is 6.04 Å². The molecule has 1 aliphatic carbocycles. The molecule has 6 heteroatoms. The van der Waals surface area contributed by atoms with Crippen LogP contribution in [0.3, 0.4) is 0 Å². The van der Waals surface area contributed by atoms with Gasteiger partial charge in [0.05, 0.1) is 16.4 Å². The van der Waals surface area contributed by atoms with Gasteiger partial charge in [-0.1, -0.05) is 19.9 Å². The molecule has 0 spiro atoms. The summed E-state index contributed by atoms with van der Waals surface area (Å²) < 4.78 is 50.8. The molecule has 2 nitrogen and oxygen atoms in total. The van der Waals surface area contributed by atoms with Crippen LogP contribution in [0, 0.1) is 5.92 Å². The lowest BCUT2D eigenvalue weighted by Gasteiger charge is -2.21. The molecule has 1 N–H and O–H groups in total. The third-order valence-corrected chi connectivity index (χ3v) is 6.05. The van der Waals surface area contributed by atoms with Gasteiger partial charge in [-0.3, -0.25) is 4.21 Å². The smallest absolute Gasteiger partial charge is 0.314 e. The summed E-state index contributed by atoms with van der Waals surface area (Å²) in [7, 11) is -1.40. The lowest BCUT2D eigenvalue weighted by Crippen LogP contribution is -2.34. The molecule has 1 saturated carbocycles. The average Bonchev–Trinajstić information content (AvgIpc) is 2.79. The molecule has 0 aliphatic heterocycles. The van der Waals surface area contributed by atoms with Gasteiger partial charge in [0.15, 0.2) is 0 Å². The lowest BCUT2D eigenvalue weighted by atomic mass is 10.1. The van der Waals surface area contributed by atoms with Crippen molar-refractivity contribution in [3.05, 3.63) is 29.8 Å². The molecule has 0 bridgehead atoms. The molecule has 4 unspecified atom stereocenters. The number of rotatable bonds is 4. The fraction of sp³-hybridized carbons (Fsp3) is 0.600. The van der Waals surface area contributed by atoms with E-state index in [-0.39, 0.29) is 16.1 Å². The molecule has 1 aromatic rings. The van der Waals surface area contributed by atoms with E-state index in [4.69, 9.17) is 0 Å². The fourth-order valence-electron chi connectivity index (χ4n) is 2.95. The van der Waals surface area contributed by atoms with Crippen molar-refractivity contribution in [1.82, 2.24) is 5.32 Å². The van der Waals surface area contributed by atoms with Crippen LogP contribution in [0.4, 0.5) is 13.2 Å². The van der Waals surface area contributed by atoms with Crippen LogP contribution in [0.15, 0.2) is 29.2 Å². The Bertz CT molecular complexity index is 518. The van der Waals surface area contributed by atoms with E-state index in [1.807, 2.05) is 13.8 Å². The third-order valence-electron chi connectivity index (χ3n) is 4.12. The SMILES string of the molecule is CCNC1CCC(S(=O)c2cccc(C(F)(F)F)c2)C1C.